The highest BCUT2D eigenvalue weighted by molar-refractivity contribution is 5.87. The predicted molar refractivity (Wildman–Crippen MR) is 86.0 cm³/mol. The summed E-state index contributed by atoms with van der Waals surface area (Å²) >= 11 is 0. The summed E-state index contributed by atoms with van der Waals surface area (Å²) in [6.07, 6.45) is 3.87. The molecule has 1 aliphatic rings. The van der Waals surface area contributed by atoms with Gasteiger partial charge in [0.15, 0.2) is 0 Å². The van der Waals surface area contributed by atoms with Crippen molar-refractivity contribution in [1.29, 1.82) is 0 Å². The van der Waals surface area contributed by atoms with Gasteiger partial charge in [-0.1, -0.05) is 36.8 Å². The lowest BCUT2D eigenvalue weighted by atomic mass is 9.85. The topological polar surface area (TPSA) is 84.2 Å². The standard InChI is InChI=1S/C17H25N3O2/c1-17(18,14-9-3-2-4-10-14)16(22)20-12-6-11-19-15(21)13-7-5-8-13/h2-4,9-10,13H,5-8,11-12,18H2,1H3,(H,19,21)(H,20,22). The molecule has 5 heteroatoms. The molecule has 0 saturated heterocycles. The van der Waals surface area contributed by atoms with Crippen molar-refractivity contribution in [3.8, 4) is 0 Å². The van der Waals surface area contributed by atoms with Gasteiger partial charge in [-0.25, -0.2) is 0 Å². The minimum absolute atomic E-state index is 0.144. The van der Waals surface area contributed by atoms with Crippen LogP contribution in [0.15, 0.2) is 30.3 Å². The number of carbonyl (C=O) groups is 2. The third-order valence-electron chi connectivity index (χ3n) is 4.26. The van der Waals surface area contributed by atoms with Crippen molar-refractivity contribution in [1.82, 2.24) is 10.6 Å². The van der Waals surface area contributed by atoms with Gasteiger partial charge < -0.3 is 16.4 Å². The van der Waals surface area contributed by atoms with Gasteiger partial charge in [0, 0.05) is 19.0 Å². The van der Waals surface area contributed by atoms with Crippen molar-refractivity contribution in [3.63, 3.8) is 0 Å². The molecule has 1 aromatic carbocycles. The van der Waals surface area contributed by atoms with Gasteiger partial charge in [-0.05, 0) is 31.7 Å². The molecule has 0 heterocycles. The second-order valence-corrected chi connectivity index (χ2v) is 6.10. The van der Waals surface area contributed by atoms with E-state index in [0.29, 0.717) is 19.5 Å². The number of benzene rings is 1. The van der Waals surface area contributed by atoms with E-state index in [-0.39, 0.29) is 17.7 Å². The van der Waals surface area contributed by atoms with Crippen LogP contribution in [-0.4, -0.2) is 24.9 Å². The molecule has 1 aromatic rings. The first-order valence-electron chi connectivity index (χ1n) is 7.92. The molecule has 0 radical (unpaired) electrons. The van der Waals surface area contributed by atoms with Crippen molar-refractivity contribution < 1.29 is 9.59 Å². The molecule has 22 heavy (non-hydrogen) atoms. The number of nitrogens with one attached hydrogen (secondary N) is 2. The van der Waals surface area contributed by atoms with Gasteiger partial charge in [-0.15, -0.1) is 0 Å². The highest BCUT2D eigenvalue weighted by Crippen LogP contribution is 2.26. The molecule has 120 valence electrons. The Hall–Kier alpha value is -1.88. The Labute approximate surface area is 131 Å². The van der Waals surface area contributed by atoms with Gasteiger partial charge in [0.2, 0.25) is 11.8 Å². The third-order valence-corrected chi connectivity index (χ3v) is 4.26. The van der Waals surface area contributed by atoms with Gasteiger partial charge >= 0.3 is 0 Å². The molecule has 2 amide bonds. The fourth-order valence-electron chi connectivity index (χ4n) is 2.42. The molecule has 1 fully saturated rings. The van der Waals surface area contributed by atoms with Crippen LogP contribution in [0.3, 0.4) is 0 Å². The van der Waals surface area contributed by atoms with Crippen molar-refractivity contribution in [2.45, 2.75) is 38.1 Å². The van der Waals surface area contributed by atoms with Crippen molar-refractivity contribution >= 4 is 11.8 Å². The molecule has 4 N–H and O–H groups in total. The fourth-order valence-corrected chi connectivity index (χ4v) is 2.42. The smallest absolute Gasteiger partial charge is 0.244 e. The second kappa shape index (κ2) is 7.40. The van der Waals surface area contributed by atoms with Gasteiger partial charge in [-0.3, -0.25) is 9.59 Å². The first-order valence-corrected chi connectivity index (χ1v) is 7.92. The van der Waals surface area contributed by atoms with E-state index in [1.54, 1.807) is 6.92 Å². The molecule has 0 aromatic heterocycles. The van der Waals surface area contributed by atoms with E-state index < -0.39 is 5.54 Å². The summed E-state index contributed by atoms with van der Waals surface area (Å²) in [6, 6.07) is 9.31. The lowest BCUT2D eigenvalue weighted by Crippen LogP contribution is -2.49. The van der Waals surface area contributed by atoms with E-state index in [2.05, 4.69) is 10.6 Å². The largest absolute Gasteiger partial charge is 0.356 e. The van der Waals surface area contributed by atoms with E-state index in [9.17, 15) is 9.59 Å². The van der Waals surface area contributed by atoms with Crippen LogP contribution >= 0.6 is 0 Å². The Morgan fingerprint density at radius 2 is 1.82 bits per heavy atom. The Balaban J connectivity index is 1.68. The molecule has 0 bridgehead atoms. The lowest BCUT2D eigenvalue weighted by Gasteiger charge is -2.25. The summed E-state index contributed by atoms with van der Waals surface area (Å²) in [5.41, 5.74) is 5.87. The van der Waals surface area contributed by atoms with Crippen LogP contribution in [-0.2, 0) is 15.1 Å². The summed E-state index contributed by atoms with van der Waals surface area (Å²) in [6.45, 7) is 2.79. The van der Waals surface area contributed by atoms with Crippen LogP contribution in [0.4, 0.5) is 0 Å². The van der Waals surface area contributed by atoms with E-state index in [1.807, 2.05) is 30.3 Å². The summed E-state index contributed by atoms with van der Waals surface area (Å²) in [5.74, 6) is 0.148. The van der Waals surface area contributed by atoms with Crippen LogP contribution in [0, 0.1) is 5.92 Å². The highest BCUT2D eigenvalue weighted by Gasteiger charge is 2.29. The molecule has 0 aliphatic heterocycles. The molecule has 0 spiro atoms. The first kappa shape index (κ1) is 16.5. The van der Waals surface area contributed by atoms with Crippen LogP contribution in [0.25, 0.3) is 0 Å². The maximum absolute atomic E-state index is 12.2. The Bertz CT molecular complexity index is 510. The zero-order valence-corrected chi connectivity index (χ0v) is 13.1. The van der Waals surface area contributed by atoms with Gasteiger partial charge in [0.1, 0.15) is 5.54 Å². The van der Waals surface area contributed by atoms with Gasteiger partial charge in [-0.2, -0.15) is 0 Å². The maximum atomic E-state index is 12.2. The molecular formula is C17H25N3O2. The second-order valence-electron chi connectivity index (χ2n) is 6.10. The van der Waals surface area contributed by atoms with E-state index in [1.165, 1.54) is 0 Å². The number of rotatable bonds is 7. The van der Waals surface area contributed by atoms with Crippen molar-refractivity contribution in [2.24, 2.45) is 11.7 Å². The van der Waals surface area contributed by atoms with Crippen LogP contribution in [0.5, 0.6) is 0 Å². The third kappa shape index (κ3) is 4.07. The molecule has 1 unspecified atom stereocenters. The minimum Gasteiger partial charge on any atom is -0.356 e. The monoisotopic (exact) mass is 303 g/mol. The summed E-state index contributed by atoms with van der Waals surface area (Å²) in [5, 5.41) is 5.74. The van der Waals surface area contributed by atoms with E-state index in [0.717, 1.165) is 24.8 Å². The Kier molecular flexibility index (Phi) is 5.55. The summed E-state index contributed by atoms with van der Waals surface area (Å²) in [4.78, 5) is 23.9. The molecule has 2 rings (SSSR count). The average Bonchev–Trinajstić information content (AvgIpc) is 2.45. The van der Waals surface area contributed by atoms with Crippen molar-refractivity contribution in [3.05, 3.63) is 35.9 Å². The SMILES string of the molecule is CC(N)(C(=O)NCCCNC(=O)C1CCC1)c1ccccc1. The number of carbonyl (C=O) groups excluding carboxylic acids is 2. The van der Waals surface area contributed by atoms with E-state index >= 15 is 0 Å². The molecule has 1 saturated carbocycles. The lowest BCUT2D eigenvalue weighted by molar-refractivity contribution is -0.127. The Morgan fingerprint density at radius 1 is 1.18 bits per heavy atom. The molecule has 5 nitrogen and oxygen atoms in total. The molecular weight excluding hydrogens is 278 g/mol. The number of amides is 2. The number of hydrogen-bond donors (Lipinski definition) is 3. The molecule has 1 aliphatic carbocycles. The highest BCUT2D eigenvalue weighted by atomic mass is 16.2. The normalized spacial score (nSPS) is 17.2. The van der Waals surface area contributed by atoms with Crippen LogP contribution in [0.2, 0.25) is 0 Å². The molecule has 1 atom stereocenters. The van der Waals surface area contributed by atoms with Gasteiger partial charge in [0.25, 0.3) is 0 Å². The van der Waals surface area contributed by atoms with Crippen molar-refractivity contribution in [2.75, 3.05) is 13.1 Å². The summed E-state index contributed by atoms with van der Waals surface area (Å²) in [7, 11) is 0. The zero-order valence-electron chi connectivity index (χ0n) is 13.1. The first-order chi connectivity index (χ1) is 10.5. The maximum Gasteiger partial charge on any atom is 0.244 e. The Morgan fingerprint density at radius 3 is 2.41 bits per heavy atom. The number of nitrogens with two attached hydrogens (primary N) is 1. The summed E-state index contributed by atoms with van der Waals surface area (Å²) < 4.78 is 0. The van der Waals surface area contributed by atoms with Gasteiger partial charge in [0.05, 0.1) is 0 Å². The van der Waals surface area contributed by atoms with Crippen LogP contribution < -0.4 is 16.4 Å². The fraction of sp³-hybridized carbons (Fsp3) is 0.529. The quantitative estimate of drug-likeness (QED) is 0.664. The average molecular weight is 303 g/mol. The van der Waals surface area contributed by atoms with E-state index in [4.69, 9.17) is 5.73 Å². The van der Waals surface area contributed by atoms with Crippen LogP contribution in [0.1, 0.15) is 38.2 Å². The zero-order chi connectivity index (χ0) is 16.0. The predicted octanol–water partition coefficient (Wildman–Crippen LogP) is 1.28. The number of hydrogen-bond acceptors (Lipinski definition) is 3. The minimum atomic E-state index is -1.05.